The first-order chi connectivity index (χ1) is 12.1. The second-order valence-electron chi connectivity index (χ2n) is 5.59. The van der Waals surface area contributed by atoms with Gasteiger partial charge in [-0.3, -0.25) is 4.79 Å². The highest BCUT2D eigenvalue weighted by Crippen LogP contribution is 2.31. The number of imidazole rings is 1. The highest BCUT2D eigenvalue weighted by atomic mass is 79.9. The molecule has 130 valence electrons. The molecule has 0 unspecified atom stereocenters. The van der Waals surface area contributed by atoms with Crippen molar-refractivity contribution in [1.29, 1.82) is 0 Å². The van der Waals surface area contributed by atoms with Crippen LogP contribution < -0.4 is 16.3 Å². The lowest BCUT2D eigenvalue weighted by Crippen LogP contribution is -2.14. The second-order valence-corrected chi connectivity index (χ2v) is 8.64. The SMILES string of the molecule is O=C(CSc1nnc(NC2CC2)s1)Nc1cc2[nH]c(=O)[nH]c2cc1Br. The van der Waals surface area contributed by atoms with E-state index in [0.717, 1.165) is 9.47 Å². The smallest absolute Gasteiger partial charge is 0.323 e. The molecular formula is C14H13BrN6O2S2. The van der Waals surface area contributed by atoms with Gasteiger partial charge in [0.05, 0.1) is 22.5 Å². The number of fused-ring (bicyclic) bond motifs is 1. The van der Waals surface area contributed by atoms with E-state index >= 15 is 0 Å². The fraction of sp³-hybridized carbons (Fsp3) is 0.286. The van der Waals surface area contributed by atoms with E-state index in [1.165, 1.54) is 35.9 Å². The number of carbonyl (C=O) groups is 1. The van der Waals surface area contributed by atoms with Crippen LogP contribution in [0.3, 0.4) is 0 Å². The molecule has 3 aromatic rings. The van der Waals surface area contributed by atoms with Crippen LogP contribution in [-0.4, -0.2) is 37.9 Å². The number of thioether (sulfide) groups is 1. The molecule has 2 heterocycles. The van der Waals surface area contributed by atoms with Crippen molar-refractivity contribution in [2.75, 3.05) is 16.4 Å². The molecule has 0 bridgehead atoms. The maximum Gasteiger partial charge on any atom is 0.323 e. The van der Waals surface area contributed by atoms with Gasteiger partial charge in [-0.1, -0.05) is 23.1 Å². The van der Waals surface area contributed by atoms with E-state index in [1.54, 1.807) is 12.1 Å². The van der Waals surface area contributed by atoms with Crippen molar-refractivity contribution in [2.45, 2.75) is 23.2 Å². The first kappa shape index (κ1) is 16.6. The number of rotatable bonds is 6. The lowest BCUT2D eigenvalue weighted by atomic mass is 10.3. The molecule has 11 heteroatoms. The van der Waals surface area contributed by atoms with Gasteiger partial charge in [-0.25, -0.2) is 4.79 Å². The Morgan fingerprint density at radius 1 is 1.32 bits per heavy atom. The van der Waals surface area contributed by atoms with Crippen molar-refractivity contribution in [3.8, 4) is 0 Å². The van der Waals surface area contributed by atoms with Crippen molar-refractivity contribution in [1.82, 2.24) is 20.2 Å². The van der Waals surface area contributed by atoms with Crippen LogP contribution in [0, 0.1) is 0 Å². The van der Waals surface area contributed by atoms with Gasteiger partial charge < -0.3 is 20.6 Å². The quantitative estimate of drug-likeness (QED) is 0.438. The number of amides is 1. The Balaban J connectivity index is 1.37. The predicted octanol–water partition coefficient (Wildman–Crippen LogP) is 2.78. The number of hydrogen-bond acceptors (Lipinski definition) is 7. The number of hydrogen-bond donors (Lipinski definition) is 4. The topological polar surface area (TPSA) is 116 Å². The van der Waals surface area contributed by atoms with E-state index in [2.05, 4.69) is 46.7 Å². The van der Waals surface area contributed by atoms with Gasteiger partial charge in [-0.15, -0.1) is 10.2 Å². The zero-order chi connectivity index (χ0) is 17.4. The predicted molar refractivity (Wildman–Crippen MR) is 103 cm³/mol. The average molecular weight is 441 g/mol. The Kier molecular flexibility index (Phi) is 4.52. The van der Waals surface area contributed by atoms with E-state index < -0.39 is 0 Å². The minimum atomic E-state index is -0.284. The Bertz CT molecular complexity index is 993. The Labute approximate surface area is 158 Å². The standard InChI is InChI=1S/C14H13BrN6O2S2/c15-7-3-9-10(19-12(23)18-9)4-8(7)17-11(22)5-24-14-21-20-13(25-14)16-6-1-2-6/h3-4,6H,1-2,5H2,(H,16,20)(H,17,22)(H2,18,19,23). The highest BCUT2D eigenvalue weighted by molar-refractivity contribution is 9.10. The minimum absolute atomic E-state index is 0.158. The molecule has 1 amide bonds. The lowest BCUT2D eigenvalue weighted by molar-refractivity contribution is -0.113. The van der Waals surface area contributed by atoms with Crippen LogP contribution in [0.4, 0.5) is 10.8 Å². The number of nitrogens with zero attached hydrogens (tertiary/aromatic N) is 2. The first-order valence-electron chi connectivity index (χ1n) is 7.51. The Morgan fingerprint density at radius 2 is 2.08 bits per heavy atom. The molecule has 1 fully saturated rings. The van der Waals surface area contributed by atoms with Crippen LogP contribution in [0.25, 0.3) is 11.0 Å². The third kappa shape index (κ3) is 4.05. The van der Waals surface area contributed by atoms with Gasteiger partial charge in [-0.05, 0) is 40.9 Å². The van der Waals surface area contributed by atoms with Crippen molar-refractivity contribution >= 4 is 66.8 Å². The van der Waals surface area contributed by atoms with Crippen molar-refractivity contribution < 1.29 is 4.79 Å². The number of benzene rings is 1. The van der Waals surface area contributed by atoms with Crippen LogP contribution in [-0.2, 0) is 4.79 Å². The minimum Gasteiger partial charge on any atom is -0.357 e. The lowest BCUT2D eigenvalue weighted by Gasteiger charge is -2.06. The molecule has 1 saturated carbocycles. The number of H-pyrrole nitrogens is 2. The van der Waals surface area contributed by atoms with Crippen molar-refractivity contribution in [2.24, 2.45) is 0 Å². The van der Waals surface area contributed by atoms with Gasteiger partial charge in [0.1, 0.15) is 0 Å². The summed E-state index contributed by atoms with van der Waals surface area (Å²) < 4.78 is 1.45. The Morgan fingerprint density at radius 3 is 2.84 bits per heavy atom. The van der Waals surface area contributed by atoms with Gasteiger partial charge in [0.25, 0.3) is 0 Å². The maximum absolute atomic E-state index is 12.2. The molecule has 25 heavy (non-hydrogen) atoms. The number of anilines is 2. The van der Waals surface area contributed by atoms with Gasteiger partial charge in [0.2, 0.25) is 11.0 Å². The van der Waals surface area contributed by atoms with Crippen LogP contribution in [0.1, 0.15) is 12.8 Å². The molecule has 0 spiro atoms. The molecule has 2 aromatic heterocycles. The third-order valence-electron chi connectivity index (χ3n) is 3.52. The van der Waals surface area contributed by atoms with E-state index in [-0.39, 0.29) is 17.3 Å². The van der Waals surface area contributed by atoms with E-state index in [0.29, 0.717) is 27.2 Å². The molecule has 0 saturated heterocycles. The van der Waals surface area contributed by atoms with E-state index in [1.807, 2.05) is 0 Å². The summed E-state index contributed by atoms with van der Waals surface area (Å²) in [6.07, 6.45) is 2.35. The van der Waals surface area contributed by atoms with Crippen molar-refractivity contribution in [3.63, 3.8) is 0 Å². The number of aromatic amines is 2. The Hall–Kier alpha value is -1.85. The fourth-order valence-corrected chi connectivity index (χ4v) is 4.27. The number of nitrogens with one attached hydrogen (secondary N) is 4. The van der Waals surface area contributed by atoms with Gasteiger partial charge >= 0.3 is 5.69 Å². The second kappa shape index (κ2) is 6.81. The summed E-state index contributed by atoms with van der Waals surface area (Å²) in [4.78, 5) is 28.9. The molecule has 0 aliphatic heterocycles. The monoisotopic (exact) mass is 440 g/mol. The molecule has 1 aliphatic carbocycles. The summed E-state index contributed by atoms with van der Waals surface area (Å²) >= 11 is 6.19. The fourth-order valence-electron chi connectivity index (χ4n) is 2.19. The molecule has 0 radical (unpaired) electrons. The van der Waals surface area contributed by atoms with E-state index in [4.69, 9.17) is 0 Å². The summed E-state index contributed by atoms with van der Waals surface area (Å²) in [5, 5.41) is 15.1. The molecule has 1 aromatic carbocycles. The van der Waals surface area contributed by atoms with Crippen LogP contribution >= 0.6 is 39.0 Å². The van der Waals surface area contributed by atoms with Gasteiger partial charge in [0.15, 0.2) is 4.34 Å². The summed E-state index contributed by atoms with van der Waals surface area (Å²) in [5.74, 6) is 0.0708. The zero-order valence-electron chi connectivity index (χ0n) is 12.8. The summed E-state index contributed by atoms with van der Waals surface area (Å²) in [6.45, 7) is 0. The maximum atomic E-state index is 12.2. The number of carbonyl (C=O) groups excluding carboxylic acids is 1. The largest absolute Gasteiger partial charge is 0.357 e. The zero-order valence-corrected chi connectivity index (χ0v) is 16.0. The first-order valence-corrected chi connectivity index (χ1v) is 10.1. The molecule has 8 nitrogen and oxygen atoms in total. The molecule has 4 N–H and O–H groups in total. The van der Waals surface area contributed by atoms with Gasteiger partial charge in [-0.2, -0.15) is 0 Å². The molecule has 1 aliphatic rings. The summed E-state index contributed by atoms with van der Waals surface area (Å²) in [6, 6.07) is 3.99. The average Bonchev–Trinajstić information content (AvgIpc) is 3.13. The number of halogens is 1. The third-order valence-corrected chi connectivity index (χ3v) is 6.16. The van der Waals surface area contributed by atoms with Crippen LogP contribution in [0.2, 0.25) is 0 Å². The molecule has 0 atom stereocenters. The van der Waals surface area contributed by atoms with Crippen LogP contribution in [0.5, 0.6) is 0 Å². The number of aromatic nitrogens is 4. The highest BCUT2D eigenvalue weighted by Gasteiger charge is 2.22. The summed E-state index contributed by atoms with van der Waals surface area (Å²) in [7, 11) is 0. The summed E-state index contributed by atoms with van der Waals surface area (Å²) in [5.41, 5.74) is 1.62. The van der Waals surface area contributed by atoms with Gasteiger partial charge in [0, 0.05) is 10.5 Å². The molecule has 4 rings (SSSR count). The van der Waals surface area contributed by atoms with Crippen molar-refractivity contribution in [3.05, 3.63) is 27.1 Å². The molecular weight excluding hydrogens is 428 g/mol. The van der Waals surface area contributed by atoms with E-state index in [9.17, 15) is 9.59 Å². The normalized spacial score (nSPS) is 14.0. The van der Waals surface area contributed by atoms with Crippen LogP contribution in [0.15, 0.2) is 25.7 Å².